The average molecular weight is 234 g/mol. The van der Waals surface area contributed by atoms with Crippen LogP contribution < -0.4 is 0 Å². The summed E-state index contributed by atoms with van der Waals surface area (Å²) in [6.45, 7) is 0.941. The van der Waals surface area contributed by atoms with Gasteiger partial charge >= 0.3 is 5.97 Å². The van der Waals surface area contributed by atoms with Crippen LogP contribution in [-0.2, 0) is 11.2 Å². The second kappa shape index (κ2) is 4.13. The zero-order valence-corrected chi connectivity index (χ0v) is 8.30. The topological polar surface area (TPSA) is 57.5 Å². The molecule has 6 heteroatoms. The Labute approximate surface area is 89.1 Å². The standard InChI is InChI=1S/C10H9F3O3/c1-10(16,9(14)15)4-5-2-3-6(11)8(13)7(5)12/h2-3,16H,4H2,1H3,(H,14,15). The van der Waals surface area contributed by atoms with Gasteiger partial charge in [-0.2, -0.15) is 0 Å². The van der Waals surface area contributed by atoms with Crippen molar-refractivity contribution in [3.8, 4) is 0 Å². The minimum atomic E-state index is -2.23. The molecule has 1 aromatic rings. The fraction of sp³-hybridized carbons (Fsp3) is 0.300. The predicted octanol–water partition coefficient (Wildman–Crippen LogP) is 1.48. The fourth-order valence-electron chi connectivity index (χ4n) is 1.15. The first-order chi connectivity index (χ1) is 7.25. The Morgan fingerprint density at radius 1 is 1.31 bits per heavy atom. The van der Waals surface area contributed by atoms with Gasteiger partial charge in [0.1, 0.15) is 0 Å². The number of halogens is 3. The number of aliphatic carboxylic acids is 1. The third-order valence-corrected chi connectivity index (χ3v) is 2.11. The van der Waals surface area contributed by atoms with E-state index in [0.717, 1.165) is 13.0 Å². The smallest absolute Gasteiger partial charge is 0.335 e. The predicted molar refractivity (Wildman–Crippen MR) is 48.3 cm³/mol. The molecule has 0 fully saturated rings. The van der Waals surface area contributed by atoms with Gasteiger partial charge in [-0.05, 0) is 18.6 Å². The van der Waals surface area contributed by atoms with Crippen molar-refractivity contribution in [1.29, 1.82) is 0 Å². The number of carboxylic acids is 1. The van der Waals surface area contributed by atoms with Crippen LogP contribution >= 0.6 is 0 Å². The molecule has 1 rings (SSSR count). The van der Waals surface area contributed by atoms with E-state index in [4.69, 9.17) is 5.11 Å². The minimum Gasteiger partial charge on any atom is -0.479 e. The van der Waals surface area contributed by atoms with Gasteiger partial charge in [0.15, 0.2) is 23.1 Å². The molecule has 0 aromatic heterocycles. The van der Waals surface area contributed by atoms with Crippen LogP contribution in [0.5, 0.6) is 0 Å². The lowest BCUT2D eigenvalue weighted by Crippen LogP contribution is -2.37. The Morgan fingerprint density at radius 2 is 1.88 bits per heavy atom. The summed E-state index contributed by atoms with van der Waals surface area (Å²) in [5.41, 5.74) is -2.63. The van der Waals surface area contributed by atoms with Crippen molar-refractivity contribution in [2.24, 2.45) is 0 Å². The van der Waals surface area contributed by atoms with E-state index in [9.17, 15) is 23.1 Å². The van der Waals surface area contributed by atoms with Crippen molar-refractivity contribution in [3.63, 3.8) is 0 Å². The SMILES string of the molecule is CC(O)(Cc1ccc(F)c(F)c1F)C(=O)O. The maximum absolute atomic E-state index is 13.1. The largest absolute Gasteiger partial charge is 0.479 e. The van der Waals surface area contributed by atoms with E-state index in [-0.39, 0.29) is 0 Å². The van der Waals surface area contributed by atoms with Crippen molar-refractivity contribution in [2.75, 3.05) is 0 Å². The average Bonchev–Trinajstić information content (AvgIpc) is 2.19. The molecule has 1 aromatic carbocycles. The Bertz CT molecular complexity index is 430. The molecular weight excluding hydrogens is 225 g/mol. The van der Waals surface area contributed by atoms with Crippen LogP contribution in [0.25, 0.3) is 0 Å². The third kappa shape index (κ3) is 2.33. The summed E-state index contributed by atoms with van der Waals surface area (Å²) < 4.78 is 38.5. The molecule has 0 aliphatic rings. The van der Waals surface area contributed by atoms with Gasteiger partial charge in [-0.25, -0.2) is 18.0 Å². The summed E-state index contributed by atoms with van der Waals surface area (Å²) >= 11 is 0. The van der Waals surface area contributed by atoms with E-state index in [0.29, 0.717) is 6.07 Å². The molecule has 2 N–H and O–H groups in total. The Balaban J connectivity index is 3.08. The van der Waals surface area contributed by atoms with Gasteiger partial charge in [-0.1, -0.05) is 6.07 Å². The molecule has 0 radical (unpaired) electrons. The lowest BCUT2D eigenvalue weighted by atomic mass is 9.96. The zero-order valence-electron chi connectivity index (χ0n) is 8.30. The highest BCUT2D eigenvalue weighted by Crippen LogP contribution is 2.20. The first-order valence-corrected chi connectivity index (χ1v) is 4.34. The van der Waals surface area contributed by atoms with Crippen molar-refractivity contribution in [3.05, 3.63) is 35.1 Å². The summed E-state index contributed by atoms with van der Waals surface area (Å²) in [7, 11) is 0. The number of carbonyl (C=O) groups is 1. The van der Waals surface area contributed by atoms with E-state index < -0.39 is 41.0 Å². The monoisotopic (exact) mass is 234 g/mol. The molecule has 0 amide bonds. The summed E-state index contributed by atoms with van der Waals surface area (Å²) in [6.07, 6.45) is -0.647. The Hall–Kier alpha value is -1.56. The summed E-state index contributed by atoms with van der Waals surface area (Å²) in [5.74, 6) is -6.10. The van der Waals surface area contributed by atoms with Gasteiger partial charge in [0.25, 0.3) is 0 Å². The maximum Gasteiger partial charge on any atom is 0.335 e. The summed E-state index contributed by atoms with van der Waals surface area (Å²) in [4.78, 5) is 10.5. The van der Waals surface area contributed by atoms with Gasteiger partial charge < -0.3 is 10.2 Å². The Kier molecular flexibility index (Phi) is 3.23. The van der Waals surface area contributed by atoms with Crippen LogP contribution in [0.1, 0.15) is 12.5 Å². The number of benzene rings is 1. The molecule has 0 saturated carbocycles. The molecule has 16 heavy (non-hydrogen) atoms. The van der Waals surface area contributed by atoms with Crippen LogP contribution in [0, 0.1) is 17.5 Å². The lowest BCUT2D eigenvalue weighted by Gasteiger charge is -2.18. The Morgan fingerprint density at radius 3 is 2.38 bits per heavy atom. The van der Waals surface area contributed by atoms with Crippen molar-refractivity contribution >= 4 is 5.97 Å². The maximum atomic E-state index is 13.1. The number of rotatable bonds is 3. The van der Waals surface area contributed by atoms with Crippen LogP contribution in [0.3, 0.4) is 0 Å². The summed E-state index contributed by atoms with van der Waals surface area (Å²) in [6, 6.07) is 1.57. The molecule has 0 aliphatic heterocycles. The molecular formula is C10H9F3O3. The van der Waals surface area contributed by atoms with E-state index in [1.54, 1.807) is 0 Å². The second-order valence-electron chi connectivity index (χ2n) is 3.59. The second-order valence-corrected chi connectivity index (χ2v) is 3.59. The zero-order chi connectivity index (χ0) is 12.5. The highest BCUT2D eigenvalue weighted by Gasteiger charge is 2.32. The third-order valence-electron chi connectivity index (χ3n) is 2.11. The van der Waals surface area contributed by atoms with Gasteiger partial charge in [0.2, 0.25) is 0 Å². The number of carboxylic acid groups (broad SMARTS) is 1. The van der Waals surface area contributed by atoms with Gasteiger partial charge in [-0.3, -0.25) is 0 Å². The fourth-order valence-corrected chi connectivity index (χ4v) is 1.15. The van der Waals surface area contributed by atoms with Crippen molar-refractivity contribution in [1.82, 2.24) is 0 Å². The summed E-state index contributed by atoms with van der Waals surface area (Å²) in [5, 5.41) is 17.9. The van der Waals surface area contributed by atoms with E-state index >= 15 is 0 Å². The number of hydrogen-bond donors (Lipinski definition) is 2. The van der Waals surface area contributed by atoms with Crippen LogP contribution in [0.15, 0.2) is 12.1 Å². The molecule has 0 bridgehead atoms. The molecule has 1 unspecified atom stereocenters. The molecule has 1 atom stereocenters. The van der Waals surface area contributed by atoms with E-state index in [1.165, 1.54) is 0 Å². The van der Waals surface area contributed by atoms with E-state index in [1.807, 2.05) is 0 Å². The van der Waals surface area contributed by atoms with E-state index in [2.05, 4.69) is 0 Å². The van der Waals surface area contributed by atoms with Crippen LogP contribution in [0.4, 0.5) is 13.2 Å². The highest BCUT2D eigenvalue weighted by atomic mass is 19.2. The molecule has 3 nitrogen and oxygen atoms in total. The number of aliphatic hydroxyl groups is 1. The highest BCUT2D eigenvalue weighted by molar-refractivity contribution is 5.76. The van der Waals surface area contributed by atoms with Crippen molar-refractivity contribution < 1.29 is 28.2 Å². The van der Waals surface area contributed by atoms with Gasteiger partial charge in [0.05, 0.1) is 0 Å². The number of hydrogen-bond acceptors (Lipinski definition) is 2. The molecule has 88 valence electrons. The first-order valence-electron chi connectivity index (χ1n) is 4.34. The minimum absolute atomic E-state index is 0.397. The molecule has 0 saturated heterocycles. The van der Waals surface area contributed by atoms with Crippen molar-refractivity contribution in [2.45, 2.75) is 18.9 Å². The van der Waals surface area contributed by atoms with Gasteiger partial charge in [0, 0.05) is 6.42 Å². The van der Waals surface area contributed by atoms with Crippen LogP contribution in [-0.4, -0.2) is 21.8 Å². The molecule has 0 spiro atoms. The molecule has 0 aliphatic carbocycles. The van der Waals surface area contributed by atoms with Crippen LogP contribution in [0.2, 0.25) is 0 Å². The quantitative estimate of drug-likeness (QED) is 0.779. The normalized spacial score (nSPS) is 14.6. The molecule has 0 heterocycles. The first kappa shape index (κ1) is 12.5. The lowest BCUT2D eigenvalue weighted by molar-refractivity contribution is -0.156. The van der Waals surface area contributed by atoms with Gasteiger partial charge in [-0.15, -0.1) is 0 Å².